The van der Waals surface area contributed by atoms with Crippen molar-refractivity contribution in [2.45, 2.75) is 6.92 Å². The summed E-state index contributed by atoms with van der Waals surface area (Å²) in [5, 5.41) is 8.50. The first kappa shape index (κ1) is 8.67. The molecule has 64 valence electrons. The van der Waals surface area contributed by atoms with Gasteiger partial charge in [-0.3, -0.25) is 4.79 Å². The fraction of sp³-hybridized carbons (Fsp3) is 0.250. The summed E-state index contributed by atoms with van der Waals surface area (Å²) in [6, 6.07) is 3.28. The molecule has 0 atom stereocenters. The molecule has 0 amide bonds. The standard InChI is InChI=1S/C8H9NO3/c1-6(11)8(9-5-10)7-3-2-4-12-7/h2-4,10H,5H2,1H3/b9-8+. The molecular weight excluding hydrogens is 158 g/mol. The van der Waals surface area contributed by atoms with Gasteiger partial charge < -0.3 is 9.52 Å². The Bertz CT molecular complexity index is 287. The fourth-order valence-corrected chi connectivity index (χ4v) is 0.847. The normalized spacial score (nSPS) is 11.7. The van der Waals surface area contributed by atoms with E-state index in [0.717, 1.165) is 0 Å². The average Bonchev–Trinajstić information content (AvgIpc) is 2.51. The maximum atomic E-state index is 10.9. The van der Waals surface area contributed by atoms with Crippen molar-refractivity contribution in [3.8, 4) is 0 Å². The van der Waals surface area contributed by atoms with Gasteiger partial charge in [0, 0.05) is 6.92 Å². The monoisotopic (exact) mass is 167 g/mol. The number of aliphatic imine (C=N–C) groups is 1. The summed E-state index contributed by atoms with van der Waals surface area (Å²) in [5.41, 5.74) is 0.169. The Morgan fingerprint density at radius 3 is 2.92 bits per heavy atom. The third-order valence-corrected chi connectivity index (χ3v) is 1.32. The van der Waals surface area contributed by atoms with Gasteiger partial charge in [0.1, 0.15) is 12.4 Å². The van der Waals surface area contributed by atoms with Gasteiger partial charge in [-0.2, -0.15) is 0 Å². The SMILES string of the molecule is CC(=O)/C(=N\CO)c1ccco1. The maximum absolute atomic E-state index is 10.9. The highest BCUT2D eigenvalue weighted by atomic mass is 16.3. The number of carbonyl (C=O) groups excluding carboxylic acids is 1. The van der Waals surface area contributed by atoms with E-state index in [2.05, 4.69) is 4.99 Å². The number of rotatable bonds is 3. The quantitative estimate of drug-likeness (QED) is 0.671. The Labute approximate surface area is 69.5 Å². The van der Waals surface area contributed by atoms with Gasteiger partial charge in [-0.1, -0.05) is 0 Å². The summed E-state index contributed by atoms with van der Waals surface area (Å²) in [6.07, 6.45) is 1.45. The molecule has 0 bridgehead atoms. The molecule has 0 aromatic carbocycles. The molecule has 0 saturated heterocycles. The number of nitrogens with zero attached hydrogens (tertiary/aromatic N) is 1. The van der Waals surface area contributed by atoms with Crippen LogP contribution in [-0.4, -0.2) is 23.3 Å². The largest absolute Gasteiger partial charge is 0.463 e. The van der Waals surface area contributed by atoms with E-state index in [1.165, 1.54) is 13.2 Å². The predicted octanol–water partition coefficient (Wildman–Crippen LogP) is 0.608. The molecule has 0 aliphatic rings. The highest BCUT2D eigenvalue weighted by Gasteiger charge is 2.10. The van der Waals surface area contributed by atoms with Crippen molar-refractivity contribution in [1.29, 1.82) is 0 Å². The molecule has 0 saturated carbocycles. The number of ketones is 1. The van der Waals surface area contributed by atoms with Crippen molar-refractivity contribution in [2.24, 2.45) is 4.99 Å². The van der Waals surface area contributed by atoms with Crippen molar-refractivity contribution in [3.63, 3.8) is 0 Å². The van der Waals surface area contributed by atoms with Crippen LogP contribution in [0.3, 0.4) is 0 Å². The molecule has 0 fully saturated rings. The van der Waals surface area contributed by atoms with Gasteiger partial charge in [0.25, 0.3) is 0 Å². The lowest BCUT2D eigenvalue weighted by atomic mass is 10.2. The van der Waals surface area contributed by atoms with Crippen molar-refractivity contribution < 1.29 is 14.3 Å². The fourth-order valence-electron chi connectivity index (χ4n) is 0.847. The van der Waals surface area contributed by atoms with Gasteiger partial charge in [0.15, 0.2) is 11.5 Å². The Kier molecular flexibility index (Phi) is 2.76. The number of Topliss-reactive ketones (excluding diaryl/α,β-unsaturated/α-hetero) is 1. The highest BCUT2D eigenvalue weighted by molar-refractivity contribution is 6.44. The maximum Gasteiger partial charge on any atom is 0.181 e. The van der Waals surface area contributed by atoms with Crippen LogP contribution in [0.2, 0.25) is 0 Å². The van der Waals surface area contributed by atoms with Gasteiger partial charge in [-0.05, 0) is 12.1 Å². The van der Waals surface area contributed by atoms with Crippen LogP contribution in [0.25, 0.3) is 0 Å². The van der Waals surface area contributed by atoms with Gasteiger partial charge in [-0.15, -0.1) is 0 Å². The van der Waals surface area contributed by atoms with Crippen LogP contribution >= 0.6 is 0 Å². The van der Waals surface area contributed by atoms with Gasteiger partial charge in [0.2, 0.25) is 0 Å². The lowest BCUT2D eigenvalue weighted by Crippen LogP contribution is -2.11. The minimum absolute atomic E-state index is 0.169. The second-order valence-corrected chi connectivity index (χ2v) is 2.18. The summed E-state index contributed by atoms with van der Waals surface area (Å²) in [6.45, 7) is 0.965. The Balaban J connectivity index is 2.96. The molecule has 1 rings (SSSR count). The molecule has 1 aromatic rings. The second kappa shape index (κ2) is 3.82. The topological polar surface area (TPSA) is 62.8 Å². The zero-order valence-electron chi connectivity index (χ0n) is 6.65. The van der Waals surface area contributed by atoms with Crippen LogP contribution in [0, 0.1) is 0 Å². The summed E-state index contributed by atoms with van der Waals surface area (Å²) in [7, 11) is 0. The third kappa shape index (κ3) is 1.79. The second-order valence-electron chi connectivity index (χ2n) is 2.18. The van der Waals surface area contributed by atoms with Crippen molar-refractivity contribution in [1.82, 2.24) is 0 Å². The first-order chi connectivity index (χ1) is 5.75. The van der Waals surface area contributed by atoms with Crippen LogP contribution in [0.15, 0.2) is 27.8 Å². The van der Waals surface area contributed by atoms with Crippen molar-refractivity contribution in [3.05, 3.63) is 24.2 Å². The summed E-state index contributed by atoms with van der Waals surface area (Å²) in [5.74, 6) is 0.163. The van der Waals surface area contributed by atoms with E-state index in [4.69, 9.17) is 9.52 Å². The van der Waals surface area contributed by atoms with E-state index < -0.39 is 6.73 Å². The van der Waals surface area contributed by atoms with Gasteiger partial charge >= 0.3 is 0 Å². The minimum atomic E-state index is -0.407. The smallest absolute Gasteiger partial charge is 0.181 e. The molecule has 1 aromatic heterocycles. The molecule has 4 nitrogen and oxygen atoms in total. The number of hydrogen-bond acceptors (Lipinski definition) is 4. The van der Waals surface area contributed by atoms with Crippen LogP contribution in [0.1, 0.15) is 12.7 Å². The highest BCUT2D eigenvalue weighted by Crippen LogP contribution is 2.03. The molecular formula is C8H9NO3. The predicted molar refractivity (Wildman–Crippen MR) is 43.0 cm³/mol. The third-order valence-electron chi connectivity index (χ3n) is 1.32. The van der Waals surface area contributed by atoms with Crippen LogP contribution in [-0.2, 0) is 4.79 Å². The van der Waals surface area contributed by atoms with Crippen molar-refractivity contribution >= 4 is 11.5 Å². The van der Waals surface area contributed by atoms with E-state index >= 15 is 0 Å². The zero-order chi connectivity index (χ0) is 8.97. The molecule has 1 heterocycles. The first-order valence-electron chi connectivity index (χ1n) is 3.46. The molecule has 0 aliphatic heterocycles. The Hall–Kier alpha value is -1.42. The summed E-state index contributed by atoms with van der Waals surface area (Å²) < 4.78 is 4.95. The van der Waals surface area contributed by atoms with Gasteiger partial charge in [-0.25, -0.2) is 4.99 Å². The summed E-state index contributed by atoms with van der Waals surface area (Å²) >= 11 is 0. The molecule has 12 heavy (non-hydrogen) atoms. The average molecular weight is 167 g/mol. The number of aliphatic hydroxyl groups is 1. The molecule has 1 N–H and O–H groups in total. The molecule has 0 radical (unpaired) electrons. The number of aliphatic hydroxyl groups excluding tert-OH is 1. The number of hydrogen-bond donors (Lipinski definition) is 1. The molecule has 0 spiro atoms. The van der Waals surface area contributed by atoms with Crippen molar-refractivity contribution in [2.75, 3.05) is 6.73 Å². The van der Waals surface area contributed by atoms with E-state index in [-0.39, 0.29) is 11.5 Å². The Morgan fingerprint density at radius 1 is 1.75 bits per heavy atom. The van der Waals surface area contributed by atoms with Crippen LogP contribution in [0.4, 0.5) is 0 Å². The van der Waals surface area contributed by atoms with Gasteiger partial charge in [0.05, 0.1) is 6.26 Å². The molecule has 4 heteroatoms. The van der Waals surface area contributed by atoms with E-state index in [9.17, 15) is 4.79 Å². The molecule has 0 unspecified atom stereocenters. The first-order valence-corrected chi connectivity index (χ1v) is 3.46. The van der Waals surface area contributed by atoms with E-state index in [1.807, 2.05) is 0 Å². The van der Waals surface area contributed by atoms with E-state index in [1.54, 1.807) is 12.1 Å². The summed E-state index contributed by atoms with van der Waals surface area (Å²) in [4.78, 5) is 14.5. The van der Waals surface area contributed by atoms with E-state index in [0.29, 0.717) is 5.76 Å². The number of furan rings is 1. The lowest BCUT2D eigenvalue weighted by Gasteiger charge is -1.95. The number of carbonyl (C=O) groups is 1. The minimum Gasteiger partial charge on any atom is -0.463 e. The van der Waals surface area contributed by atoms with Crippen LogP contribution in [0.5, 0.6) is 0 Å². The lowest BCUT2D eigenvalue weighted by molar-refractivity contribution is -0.111. The Morgan fingerprint density at radius 2 is 2.50 bits per heavy atom. The van der Waals surface area contributed by atoms with Crippen LogP contribution < -0.4 is 0 Å². The molecule has 0 aliphatic carbocycles. The zero-order valence-corrected chi connectivity index (χ0v) is 6.65.